The molecule has 0 saturated heterocycles. The minimum absolute atomic E-state index is 0.512. The second-order valence-electron chi connectivity index (χ2n) is 4.25. The van der Waals surface area contributed by atoms with Gasteiger partial charge in [-0.15, -0.1) is 0 Å². The second-order valence-corrected chi connectivity index (χ2v) is 5.58. The molecule has 0 aliphatic carbocycles. The van der Waals surface area contributed by atoms with Gasteiger partial charge in [-0.05, 0) is 29.8 Å². The van der Waals surface area contributed by atoms with Gasteiger partial charge in [0.25, 0.3) is 0 Å². The molecule has 0 unspecified atom stereocenters. The van der Waals surface area contributed by atoms with Crippen LogP contribution in [0, 0.1) is 0 Å². The molecule has 0 atom stereocenters. The monoisotopic (exact) mass is 335 g/mol. The molecular formula is C14H11BrClN3. The van der Waals surface area contributed by atoms with Gasteiger partial charge in [0.05, 0.1) is 10.7 Å². The van der Waals surface area contributed by atoms with E-state index in [0.717, 1.165) is 26.9 Å². The summed E-state index contributed by atoms with van der Waals surface area (Å²) in [6, 6.07) is 9.75. The number of fused-ring (bicyclic) bond motifs is 1. The molecule has 19 heavy (non-hydrogen) atoms. The fraction of sp³-hybridized carbons (Fsp3) is 0.0714. The topological polar surface area (TPSA) is 43.3 Å². The Bertz CT molecular complexity index is 752. The molecular weight excluding hydrogens is 326 g/mol. The lowest BCUT2D eigenvalue weighted by Crippen LogP contribution is -1.96. The van der Waals surface area contributed by atoms with E-state index in [1.807, 2.05) is 47.1 Å². The highest BCUT2D eigenvalue weighted by atomic mass is 79.9. The van der Waals surface area contributed by atoms with Crippen LogP contribution >= 0.6 is 27.5 Å². The first-order valence-electron chi connectivity index (χ1n) is 5.80. The molecule has 0 radical (unpaired) electrons. The molecule has 3 aromatic rings. The summed E-state index contributed by atoms with van der Waals surface area (Å²) in [4.78, 5) is 4.59. The van der Waals surface area contributed by atoms with Crippen molar-refractivity contribution in [2.75, 3.05) is 0 Å². The Hall–Kier alpha value is -1.36. The first-order chi connectivity index (χ1) is 9.17. The van der Waals surface area contributed by atoms with Crippen LogP contribution in [0.4, 0.5) is 0 Å². The van der Waals surface area contributed by atoms with Crippen LogP contribution in [0.2, 0.25) is 5.02 Å². The van der Waals surface area contributed by atoms with E-state index in [2.05, 4.69) is 20.9 Å². The smallest absolute Gasteiger partial charge is 0.137 e. The van der Waals surface area contributed by atoms with Crippen LogP contribution in [-0.2, 0) is 6.54 Å². The van der Waals surface area contributed by atoms with Crippen molar-refractivity contribution in [3.05, 3.63) is 57.8 Å². The van der Waals surface area contributed by atoms with Gasteiger partial charge in [0.2, 0.25) is 0 Å². The van der Waals surface area contributed by atoms with Crippen LogP contribution in [0.1, 0.15) is 5.56 Å². The number of benzene rings is 1. The molecule has 0 aliphatic rings. The molecule has 2 N–H and O–H groups in total. The quantitative estimate of drug-likeness (QED) is 0.772. The zero-order chi connectivity index (χ0) is 13.4. The van der Waals surface area contributed by atoms with E-state index in [1.54, 1.807) is 0 Å². The highest BCUT2D eigenvalue weighted by molar-refractivity contribution is 9.10. The van der Waals surface area contributed by atoms with Crippen LogP contribution in [0.15, 0.2) is 47.2 Å². The molecule has 0 fully saturated rings. The molecule has 3 nitrogen and oxygen atoms in total. The lowest BCUT2D eigenvalue weighted by molar-refractivity contribution is 1.05. The van der Waals surface area contributed by atoms with Gasteiger partial charge in [-0.25, -0.2) is 4.98 Å². The van der Waals surface area contributed by atoms with E-state index in [4.69, 9.17) is 17.3 Å². The zero-order valence-corrected chi connectivity index (χ0v) is 12.3. The van der Waals surface area contributed by atoms with E-state index in [-0.39, 0.29) is 0 Å². The SMILES string of the molecule is NCc1ccn2cc(-c3ccc(Br)cc3Cl)nc2c1. The van der Waals surface area contributed by atoms with Gasteiger partial charge in [-0.2, -0.15) is 0 Å². The number of nitrogens with zero attached hydrogens (tertiary/aromatic N) is 2. The van der Waals surface area contributed by atoms with E-state index in [9.17, 15) is 0 Å². The number of hydrogen-bond donors (Lipinski definition) is 1. The Balaban J connectivity index is 2.14. The van der Waals surface area contributed by atoms with E-state index in [0.29, 0.717) is 11.6 Å². The summed E-state index contributed by atoms with van der Waals surface area (Å²) in [7, 11) is 0. The maximum atomic E-state index is 6.25. The molecule has 0 amide bonds. The first kappa shape index (κ1) is 12.7. The van der Waals surface area contributed by atoms with E-state index >= 15 is 0 Å². The normalized spacial score (nSPS) is 11.1. The molecule has 0 aliphatic heterocycles. The van der Waals surface area contributed by atoms with Crippen LogP contribution in [0.3, 0.4) is 0 Å². The van der Waals surface area contributed by atoms with Crippen molar-refractivity contribution in [2.45, 2.75) is 6.54 Å². The average Bonchev–Trinajstić information content (AvgIpc) is 2.80. The molecule has 2 heterocycles. The lowest BCUT2D eigenvalue weighted by atomic mass is 10.2. The van der Waals surface area contributed by atoms with Gasteiger partial charge in [0.15, 0.2) is 0 Å². The van der Waals surface area contributed by atoms with Crippen molar-refractivity contribution < 1.29 is 0 Å². The molecule has 3 rings (SSSR count). The van der Waals surface area contributed by atoms with Crippen molar-refractivity contribution in [2.24, 2.45) is 5.73 Å². The Labute approximate surface area is 124 Å². The summed E-state index contributed by atoms with van der Waals surface area (Å²) < 4.78 is 2.92. The van der Waals surface area contributed by atoms with Crippen LogP contribution in [0.25, 0.3) is 16.9 Å². The maximum Gasteiger partial charge on any atom is 0.137 e. The van der Waals surface area contributed by atoms with Crippen LogP contribution in [-0.4, -0.2) is 9.38 Å². The van der Waals surface area contributed by atoms with Gasteiger partial charge in [0.1, 0.15) is 5.65 Å². The summed E-state index contributed by atoms with van der Waals surface area (Å²) in [5.74, 6) is 0. The Morgan fingerprint density at radius 3 is 2.84 bits per heavy atom. The third-order valence-electron chi connectivity index (χ3n) is 2.97. The highest BCUT2D eigenvalue weighted by Gasteiger charge is 2.08. The number of halogens is 2. The Morgan fingerprint density at radius 1 is 1.26 bits per heavy atom. The number of rotatable bonds is 2. The van der Waals surface area contributed by atoms with Crippen LogP contribution in [0.5, 0.6) is 0 Å². The van der Waals surface area contributed by atoms with Gasteiger partial charge >= 0.3 is 0 Å². The summed E-state index contributed by atoms with van der Waals surface area (Å²) in [5, 5.41) is 0.678. The zero-order valence-electron chi connectivity index (χ0n) is 9.98. The predicted octanol–water partition coefficient (Wildman–Crippen LogP) is 3.88. The Morgan fingerprint density at radius 2 is 2.11 bits per heavy atom. The predicted molar refractivity (Wildman–Crippen MR) is 81.2 cm³/mol. The van der Waals surface area contributed by atoms with Crippen molar-refractivity contribution >= 4 is 33.2 Å². The van der Waals surface area contributed by atoms with Crippen LogP contribution < -0.4 is 5.73 Å². The summed E-state index contributed by atoms with van der Waals surface area (Å²) in [6.07, 6.45) is 3.92. The van der Waals surface area contributed by atoms with E-state index < -0.39 is 0 Å². The number of hydrogen-bond acceptors (Lipinski definition) is 2. The summed E-state index contributed by atoms with van der Waals surface area (Å²) in [5.41, 5.74) is 9.34. The molecule has 0 spiro atoms. The van der Waals surface area contributed by atoms with Gasteiger partial charge in [-0.1, -0.05) is 33.6 Å². The second kappa shape index (κ2) is 4.96. The molecule has 96 valence electrons. The number of aromatic nitrogens is 2. The number of pyridine rings is 1. The molecule has 0 bridgehead atoms. The first-order valence-corrected chi connectivity index (χ1v) is 6.97. The average molecular weight is 337 g/mol. The number of imidazole rings is 1. The Kier molecular flexibility index (Phi) is 3.31. The summed E-state index contributed by atoms with van der Waals surface area (Å²) >= 11 is 9.65. The van der Waals surface area contributed by atoms with Gasteiger partial charge < -0.3 is 10.1 Å². The number of nitrogens with two attached hydrogens (primary N) is 1. The summed E-state index contributed by atoms with van der Waals surface area (Å²) in [6.45, 7) is 0.512. The minimum Gasteiger partial charge on any atom is -0.326 e. The van der Waals surface area contributed by atoms with E-state index in [1.165, 1.54) is 0 Å². The molecule has 5 heteroatoms. The van der Waals surface area contributed by atoms with Crippen molar-refractivity contribution in [1.29, 1.82) is 0 Å². The largest absolute Gasteiger partial charge is 0.326 e. The van der Waals surface area contributed by atoms with Crippen molar-refractivity contribution in [3.8, 4) is 11.3 Å². The molecule has 0 saturated carbocycles. The molecule has 1 aromatic carbocycles. The fourth-order valence-corrected chi connectivity index (χ4v) is 2.75. The van der Waals surface area contributed by atoms with Gasteiger partial charge in [0, 0.05) is 29.0 Å². The third-order valence-corrected chi connectivity index (χ3v) is 3.77. The standard InChI is InChI=1S/C14H11BrClN3/c15-10-1-2-11(12(16)6-10)13-8-19-4-3-9(7-17)5-14(19)18-13/h1-6,8H,7,17H2. The maximum absolute atomic E-state index is 6.25. The molecule has 2 aromatic heterocycles. The van der Waals surface area contributed by atoms with Crippen molar-refractivity contribution in [3.63, 3.8) is 0 Å². The fourth-order valence-electron chi connectivity index (χ4n) is 1.98. The highest BCUT2D eigenvalue weighted by Crippen LogP contribution is 2.30. The van der Waals surface area contributed by atoms with Crippen molar-refractivity contribution in [1.82, 2.24) is 9.38 Å². The minimum atomic E-state index is 0.512. The third kappa shape index (κ3) is 2.39. The van der Waals surface area contributed by atoms with Gasteiger partial charge in [-0.3, -0.25) is 0 Å². The lowest BCUT2D eigenvalue weighted by Gasteiger charge is -2.00.